The third-order valence-corrected chi connectivity index (χ3v) is 9.29. The van der Waals surface area contributed by atoms with Gasteiger partial charge in [0.15, 0.2) is 0 Å². The number of nitrogens with one attached hydrogen (secondary N) is 6. The highest BCUT2D eigenvalue weighted by Gasteiger charge is 2.49. The molecule has 0 aliphatic carbocycles. The molecule has 1 aliphatic heterocycles. The lowest BCUT2D eigenvalue weighted by Gasteiger charge is -2.31. The molecule has 1 rings (SSSR count). The maximum absolute atomic E-state index is 14.4. The van der Waals surface area contributed by atoms with E-state index in [1.807, 2.05) is 0 Å². The second kappa shape index (κ2) is 26.0. The van der Waals surface area contributed by atoms with Crippen molar-refractivity contribution >= 4 is 71.1 Å². The average Bonchev–Trinajstić information content (AvgIpc) is 3.51. The maximum atomic E-state index is 14.4. The summed E-state index contributed by atoms with van der Waals surface area (Å²) in [6.45, 7) is 12.5. The molecular weight excluding hydrogens is 820 g/mol. The minimum atomic E-state index is -1.68. The van der Waals surface area contributed by atoms with E-state index in [0.29, 0.717) is 11.3 Å². The smallest absolute Gasteiger partial charge is 0.328 e. The fourth-order valence-electron chi connectivity index (χ4n) is 6.12. The summed E-state index contributed by atoms with van der Waals surface area (Å²) in [7, 11) is 0. The summed E-state index contributed by atoms with van der Waals surface area (Å²) in [4.78, 5) is 157. The number of Topliss-reactive ketones (excluding diaryl/α,β-unsaturated/α-hetero) is 1. The minimum Gasteiger partial charge on any atom is -0.481 e. The van der Waals surface area contributed by atoms with E-state index in [0.717, 1.165) is 11.8 Å². The van der Waals surface area contributed by atoms with Gasteiger partial charge in [-0.2, -0.15) is 0 Å². The number of esters is 1. The summed E-state index contributed by atoms with van der Waals surface area (Å²) < 4.78 is 4.95. The molecule has 1 saturated heterocycles. The summed E-state index contributed by atoms with van der Waals surface area (Å²) in [5, 5.41) is 32.7. The Balaban J connectivity index is 3.53. The number of amides is 9. The number of carboxylic acids is 2. The maximum Gasteiger partial charge on any atom is 0.328 e. The van der Waals surface area contributed by atoms with E-state index in [1.54, 1.807) is 6.92 Å². The predicted molar refractivity (Wildman–Crippen MR) is 216 cm³/mol. The fourth-order valence-corrected chi connectivity index (χ4v) is 6.12. The molecule has 0 aromatic carbocycles. The lowest BCUT2D eigenvalue weighted by Crippen LogP contribution is -2.62. The second-order valence-electron chi connectivity index (χ2n) is 15.0. The van der Waals surface area contributed by atoms with Crippen molar-refractivity contribution in [3.63, 3.8) is 0 Å². The lowest BCUT2D eigenvalue weighted by molar-refractivity contribution is -0.144. The van der Waals surface area contributed by atoms with Crippen LogP contribution >= 0.6 is 0 Å². The van der Waals surface area contributed by atoms with Crippen LogP contribution in [0.1, 0.15) is 87.0 Å². The Bertz CT molecular complexity index is 1720. The van der Waals surface area contributed by atoms with E-state index in [4.69, 9.17) is 9.84 Å². The molecule has 0 bridgehead atoms. The Morgan fingerprint density at radius 2 is 1.29 bits per heavy atom. The first-order valence-electron chi connectivity index (χ1n) is 20.1. The summed E-state index contributed by atoms with van der Waals surface area (Å²) in [6.07, 6.45) is -0.371. The van der Waals surface area contributed by atoms with Gasteiger partial charge in [0.1, 0.15) is 36.8 Å². The highest BCUT2D eigenvalue weighted by molar-refractivity contribution is 6.38. The zero-order valence-electron chi connectivity index (χ0n) is 36.1. The van der Waals surface area contributed by atoms with Gasteiger partial charge >= 0.3 is 23.9 Å². The summed E-state index contributed by atoms with van der Waals surface area (Å²) in [5.74, 6) is -12.9. The molecule has 0 unspecified atom stereocenters. The largest absolute Gasteiger partial charge is 0.481 e. The van der Waals surface area contributed by atoms with Gasteiger partial charge in [0.05, 0.1) is 19.2 Å². The molecule has 346 valence electrons. The van der Waals surface area contributed by atoms with Crippen molar-refractivity contribution in [1.29, 1.82) is 0 Å². The molecule has 62 heavy (non-hydrogen) atoms. The van der Waals surface area contributed by atoms with Gasteiger partial charge in [-0.25, -0.2) is 9.69 Å². The molecule has 1 aliphatic rings. The molecule has 8 N–H and O–H groups in total. The summed E-state index contributed by atoms with van der Waals surface area (Å²) in [5.41, 5.74) is 0. The van der Waals surface area contributed by atoms with Crippen molar-refractivity contribution in [3.8, 4) is 0 Å². The van der Waals surface area contributed by atoms with E-state index in [2.05, 4.69) is 38.5 Å². The van der Waals surface area contributed by atoms with E-state index in [-0.39, 0.29) is 26.0 Å². The SMILES string of the molecule is C=CCNC(=O)C(=O)[C@H](CCC)NC(=O)[C@@H]1CN(CC(=O)OCC)C(=O)N1C(=O)[C@@H](NC(=O)[C@@H](NC(=O)[C@H](CCC(=O)O)NC(=O)[C@H](CCC(=O)O)NC(C)=O)C(C)C)C(C)C. The molecule has 6 atom stereocenters. The molecule has 0 radical (unpaired) electrons. The molecule has 0 aromatic rings. The van der Waals surface area contributed by atoms with Crippen molar-refractivity contribution in [3.05, 3.63) is 12.7 Å². The average molecular weight is 881 g/mol. The van der Waals surface area contributed by atoms with Gasteiger partial charge in [-0.15, -0.1) is 6.58 Å². The van der Waals surface area contributed by atoms with Crippen molar-refractivity contribution in [2.24, 2.45) is 11.8 Å². The van der Waals surface area contributed by atoms with Crippen LogP contribution in [-0.4, -0.2) is 154 Å². The fraction of sp³-hybridized carbons (Fsp3) is 0.641. The Labute approximate surface area is 358 Å². The number of carbonyl (C=O) groups is 12. The molecule has 23 nitrogen and oxygen atoms in total. The number of urea groups is 1. The molecule has 0 aromatic heterocycles. The molecule has 1 heterocycles. The molecular formula is C39H60N8O15. The number of aliphatic carboxylic acids is 2. The van der Waals surface area contributed by atoms with Crippen molar-refractivity contribution in [2.45, 2.75) is 123 Å². The Morgan fingerprint density at radius 3 is 1.77 bits per heavy atom. The normalized spacial score (nSPS) is 15.9. The molecule has 9 amide bonds. The number of ether oxygens (including phenoxy) is 1. The topological polar surface area (TPSA) is 333 Å². The Morgan fingerprint density at radius 1 is 0.758 bits per heavy atom. The highest BCUT2D eigenvalue weighted by Crippen LogP contribution is 2.21. The van der Waals surface area contributed by atoms with E-state index in [9.17, 15) is 62.6 Å². The van der Waals surface area contributed by atoms with E-state index >= 15 is 0 Å². The third kappa shape index (κ3) is 16.9. The van der Waals surface area contributed by atoms with Crippen LogP contribution in [0.3, 0.4) is 0 Å². The van der Waals surface area contributed by atoms with Crippen LogP contribution < -0.4 is 31.9 Å². The number of carboxylic acid groups (broad SMARTS) is 2. The van der Waals surface area contributed by atoms with Crippen molar-refractivity contribution in [2.75, 3.05) is 26.2 Å². The van der Waals surface area contributed by atoms with Gasteiger partial charge in [-0.3, -0.25) is 52.7 Å². The second-order valence-corrected chi connectivity index (χ2v) is 15.0. The van der Waals surface area contributed by atoms with Crippen LogP contribution in [-0.2, 0) is 57.5 Å². The van der Waals surface area contributed by atoms with Crippen molar-refractivity contribution < 1.29 is 72.5 Å². The number of carbonyl (C=O) groups excluding carboxylic acids is 10. The number of hydrogen-bond donors (Lipinski definition) is 8. The minimum absolute atomic E-state index is 0.00166. The molecule has 1 fully saturated rings. The van der Waals surface area contributed by atoms with Crippen LogP contribution in [0.2, 0.25) is 0 Å². The van der Waals surface area contributed by atoms with Crippen LogP contribution in [0.5, 0.6) is 0 Å². The van der Waals surface area contributed by atoms with Crippen LogP contribution in [0, 0.1) is 11.8 Å². The summed E-state index contributed by atoms with van der Waals surface area (Å²) >= 11 is 0. The predicted octanol–water partition coefficient (Wildman–Crippen LogP) is -1.66. The highest BCUT2D eigenvalue weighted by atomic mass is 16.5. The van der Waals surface area contributed by atoms with Gasteiger partial charge in [0, 0.05) is 26.3 Å². The van der Waals surface area contributed by atoms with E-state index in [1.165, 1.54) is 40.7 Å². The van der Waals surface area contributed by atoms with Gasteiger partial charge in [-0.1, -0.05) is 47.1 Å². The number of hydrogen-bond acceptors (Lipinski definition) is 13. The Kier molecular flexibility index (Phi) is 22.5. The standard InChI is InChI=1S/C39H60N8O15/c1-9-12-23(32(54)37(59)40-17-10-2)42-35(57)26-18-46(19-29(53)62-11-3)39(61)47(26)38(60)31(21(6)7)45-36(58)30(20(4)5)44-34(56)25(14-16-28(51)52)43-33(55)24(41-22(8)48)13-15-27(49)50/h10,20-21,23-26,30-31H,2,9,11-19H2,1,3-8H3,(H,40,59)(H,41,48)(H,42,57)(H,43,55)(H,44,56)(H,45,58)(H,49,50)(H,51,52)/t23-,24-,25-,26-,30-,31-/m0/s1. The molecule has 23 heteroatoms. The summed E-state index contributed by atoms with van der Waals surface area (Å²) in [6, 6.07) is -10.2. The number of imide groups is 1. The van der Waals surface area contributed by atoms with Crippen molar-refractivity contribution in [1.82, 2.24) is 41.7 Å². The lowest BCUT2D eigenvalue weighted by atomic mass is 9.98. The third-order valence-electron chi connectivity index (χ3n) is 9.29. The van der Waals surface area contributed by atoms with Gasteiger partial charge in [0.25, 0.3) is 11.8 Å². The Hall–Kier alpha value is -6.42. The molecule has 0 saturated carbocycles. The number of ketones is 1. The van der Waals surface area contributed by atoms with Gasteiger partial charge < -0.3 is 51.8 Å². The zero-order chi connectivity index (χ0) is 47.4. The van der Waals surface area contributed by atoms with Gasteiger partial charge in [-0.05, 0) is 38.0 Å². The first-order valence-corrected chi connectivity index (χ1v) is 20.1. The monoisotopic (exact) mass is 880 g/mol. The van der Waals surface area contributed by atoms with Crippen LogP contribution in [0.4, 0.5) is 4.79 Å². The number of nitrogens with zero attached hydrogens (tertiary/aromatic N) is 2. The zero-order valence-corrected chi connectivity index (χ0v) is 36.1. The van der Waals surface area contributed by atoms with E-state index < -0.39 is 152 Å². The van der Waals surface area contributed by atoms with Crippen LogP contribution in [0.15, 0.2) is 12.7 Å². The van der Waals surface area contributed by atoms with Gasteiger partial charge in [0.2, 0.25) is 35.3 Å². The first-order chi connectivity index (χ1) is 29.0. The quantitative estimate of drug-likeness (QED) is 0.0260. The molecule has 0 spiro atoms. The number of rotatable bonds is 27. The first kappa shape index (κ1) is 53.6. The van der Waals surface area contributed by atoms with Crippen LogP contribution in [0.25, 0.3) is 0 Å².